The summed E-state index contributed by atoms with van der Waals surface area (Å²) in [4.78, 5) is 18.8. The van der Waals surface area contributed by atoms with Crippen LogP contribution < -0.4 is 14.4 Å². The van der Waals surface area contributed by atoms with Gasteiger partial charge >= 0.3 is 6.18 Å². The molecule has 2 unspecified atom stereocenters. The molecule has 2 fully saturated rings. The Balaban J connectivity index is 1.17. The van der Waals surface area contributed by atoms with Crippen LogP contribution in [0.3, 0.4) is 0 Å². The Labute approximate surface area is 266 Å². The number of fused-ring (bicyclic) bond motifs is 2. The average Bonchev–Trinajstić information content (AvgIpc) is 3.72. The van der Waals surface area contributed by atoms with E-state index in [-0.39, 0.29) is 23.0 Å². The molecule has 6 rings (SSSR count). The zero-order chi connectivity index (χ0) is 32.7. The van der Waals surface area contributed by atoms with Gasteiger partial charge < -0.3 is 18.9 Å². The Kier molecular flexibility index (Phi) is 8.85. The van der Waals surface area contributed by atoms with Crippen LogP contribution in [0.5, 0.6) is 11.5 Å². The van der Waals surface area contributed by atoms with Crippen molar-refractivity contribution in [2.24, 2.45) is 11.8 Å². The molecule has 1 aliphatic carbocycles. The van der Waals surface area contributed by atoms with E-state index < -0.39 is 18.0 Å². The maximum Gasteiger partial charge on any atom is 0.449 e. The summed E-state index contributed by atoms with van der Waals surface area (Å²) < 4.78 is 67.7. The third kappa shape index (κ3) is 6.11. The fraction of sp³-hybridized carbons (Fsp3) is 0.444. The maximum absolute atomic E-state index is 13.7. The largest absolute Gasteiger partial charge is 0.496 e. The number of ether oxygens (including phenoxy) is 2. The van der Waals surface area contributed by atoms with Crippen molar-refractivity contribution in [1.29, 1.82) is 0 Å². The Morgan fingerprint density at radius 3 is 2.46 bits per heavy atom. The minimum absolute atomic E-state index is 0.0452. The standard InChI is InChI=1S/C36H39F4N3O3/c1-5-46-33-17-22(16-32(45-4)34(33)23-6-10-26(37)11-7-23)20-42-15-14-27-24(8-12-29(27)42)19-31(44)25-9-13-30-28(18-25)41-35(36(38,39)40)43(30)21(2)3/h6-7,9-11,13,16-18,21,24,27,29H,5,8,12,14-15,19-20H2,1-4H3/p+1/t24?,27-,29+/m0/s1. The second kappa shape index (κ2) is 12.7. The summed E-state index contributed by atoms with van der Waals surface area (Å²) in [6, 6.07) is 15.2. The SMILES string of the molecule is CCOc1cc(C[NH+]2CC[C@H]3C(CC(=O)c4ccc5c(c4)nc(C(F)(F)F)n5C(C)C)CC[C@H]32)cc(OC)c1-c1ccc(F)cc1. The van der Waals surface area contributed by atoms with E-state index >= 15 is 0 Å². The van der Waals surface area contributed by atoms with Crippen LogP contribution in [-0.2, 0) is 12.7 Å². The van der Waals surface area contributed by atoms with Crippen LogP contribution in [0, 0.1) is 17.7 Å². The first kappa shape index (κ1) is 32.0. The van der Waals surface area contributed by atoms with Crippen molar-refractivity contribution >= 4 is 16.8 Å². The topological polar surface area (TPSA) is 57.8 Å². The summed E-state index contributed by atoms with van der Waals surface area (Å²) >= 11 is 0. The summed E-state index contributed by atoms with van der Waals surface area (Å²) in [6.45, 7) is 7.57. The molecular weight excluding hydrogens is 598 g/mol. The summed E-state index contributed by atoms with van der Waals surface area (Å²) in [6.07, 6.45) is -1.21. The number of Topliss-reactive ketones (excluding diaryl/α,β-unsaturated/α-hetero) is 1. The molecule has 1 aromatic heterocycles. The molecule has 10 heteroatoms. The van der Waals surface area contributed by atoms with Gasteiger partial charge in [-0.25, -0.2) is 9.37 Å². The highest BCUT2D eigenvalue weighted by Gasteiger charge is 2.47. The van der Waals surface area contributed by atoms with Crippen molar-refractivity contribution in [2.45, 2.75) is 71.3 Å². The van der Waals surface area contributed by atoms with Crippen molar-refractivity contribution in [1.82, 2.24) is 9.55 Å². The maximum atomic E-state index is 13.7. The zero-order valence-electron chi connectivity index (χ0n) is 26.6. The minimum Gasteiger partial charge on any atom is -0.496 e. The summed E-state index contributed by atoms with van der Waals surface area (Å²) in [5.74, 6) is 0.730. The highest BCUT2D eigenvalue weighted by Crippen LogP contribution is 2.42. The number of quaternary nitrogens is 1. The summed E-state index contributed by atoms with van der Waals surface area (Å²) in [5, 5.41) is 0. The number of likely N-dealkylation sites (tertiary alicyclic amines) is 1. The van der Waals surface area contributed by atoms with Crippen molar-refractivity contribution < 1.29 is 36.7 Å². The molecule has 0 radical (unpaired) electrons. The molecule has 46 heavy (non-hydrogen) atoms. The Morgan fingerprint density at radius 1 is 1.04 bits per heavy atom. The predicted molar refractivity (Wildman–Crippen MR) is 168 cm³/mol. The second-order valence-corrected chi connectivity index (χ2v) is 12.8. The summed E-state index contributed by atoms with van der Waals surface area (Å²) in [7, 11) is 1.63. The highest BCUT2D eigenvalue weighted by molar-refractivity contribution is 5.99. The molecule has 6 nitrogen and oxygen atoms in total. The lowest BCUT2D eigenvalue weighted by atomic mass is 9.87. The van der Waals surface area contributed by atoms with Gasteiger partial charge in [0.05, 0.1) is 42.9 Å². The van der Waals surface area contributed by atoms with Gasteiger partial charge in [-0.3, -0.25) is 4.79 Å². The number of carbonyl (C=O) groups excluding carboxylic acids is 1. The van der Waals surface area contributed by atoms with E-state index in [0.717, 1.165) is 49.0 Å². The summed E-state index contributed by atoms with van der Waals surface area (Å²) in [5.41, 5.74) is 3.69. The minimum atomic E-state index is -4.58. The fourth-order valence-corrected chi connectivity index (χ4v) is 7.80. The number of methoxy groups -OCH3 is 1. The van der Waals surface area contributed by atoms with E-state index in [4.69, 9.17) is 9.47 Å². The molecule has 1 N–H and O–H groups in total. The number of rotatable bonds is 10. The lowest BCUT2D eigenvalue weighted by Gasteiger charge is -2.23. The van der Waals surface area contributed by atoms with Gasteiger partial charge in [0, 0.05) is 35.9 Å². The Hall–Kier alpha value is -3.92. The highest BCUT2D eigenvalue weighted by atomic mass is 19.4. The molecule has 2 aliphatic rings. The van der Waals surface area contributed by atoms with Crippen LogP contribution >= 0.6 is 0 Å². The molecule has 1 saturated heterocycles. The molecule has 4 aromatic rings. The molecule has 2 heterocycles. The number of benzene rings is 3. The van der Waals surface area contributed by atoms with Crippen LogP contribution in [0.4, 0.5) is 17.6 Å². The number of halogens is 4. The van der Waals surface area contributed by atoms with Crippen molar-refractivity contribution in [3.63, 3.8) is 0 Å². The van der Waals surface area contributed by atoms with Crippen molar-refractivity contribution in [3.05, 3.63) is 77.4 Å². The number of carbonyl (C=O) groups is 1. The second-order valence-electron chi connectivity index (χ2n) is 12.8. The Bertz CT molecular complexity index is 1730. The van der Waals surface area contributed by atoms with E-state index in [9.17, 15) is 22.4 Å². The molecule has 0 spiro atoms. The van der Waals surface area contributed by atoms with Crippen molar-refractivity contribution in [2.75, 3.05) is 20.3 Å². The van der Waals surface area contributed by atoms with Gasteiger partial charge in [-0.2, -0.15) is 13.2 Å². The van der Waals surface area contributed by atoms with Gasteiger partial charge in [-0.15, -0.1) is 0 Å². The quantitative estimate of drug-likeness (QED) is 0.146. The number of nitrogens with zero attached hydrogens (tertiary/aromatic N) is 2. The molecule has 3 aromatic carbocycles. The normalized spacial score (nSPS) is 21.2. The number of alkyl halides is 3. The first-order valence-electron chi connectivity index (χ1n) is 16.0. The number of ketones is 1. The van der Waals surface area contributed by atoms with Gasteiger partial charge in [0.2, 0.25) is 5.82 Å². The third-order valence-electron chi connectivity index (χ3n) is 9.73. The number of hydrogen-bond donors (Lipinski definition) is 1. The molecule has 4 atom stereocenters. The van der Waals surface area contributed by atoms with Gasteiger partial charge in [0.1, 0.15) is 23.9 Å². The van der Waals surface area contributed by atoms with E-state index in [1.165, 1.54) is 27.7 Å². The first-order valence-corrected chi connectivity index (χ1v) is 16.0. The van der Waals surface area contributed by atoms with Crippen LogP contribution in [0.25, 0.3) is 22.2 Å². The van der Waals surface area contributed by atoms with Crippen LogP contribution in [-0.4, -0.2) is 41.6 Å². The smallest absolute Gasteiger partial charge is 0.449 e. The third-order valence-corrected chi connectivity index (χ3v) is 9.73. The lowest BCUT2D eigenvalue weighted by Crippen LogP contribution is -3.12. The average molecular weight is 639 g/mol. The first-order chi connectivity index (χ1) is 22.0. The van der Waals surface area contributed by atoms with E-state index in [2.05, 4.69) is 11.1 Å². The molecule has 0 bridgehead atoms. The lowest BCUT2D eigenvalue weighted by molar-refractivity contribution is -0.927. The predicted octanol–water partition coefficient (Wildman–Crippen LogP) is 7.31. The van der Waals surface area contributed by atoms with Crippen LogP contribution in [0.15, 0.2) is 54.6 Å². The monoisotopic (exact) mass is 638 g/mol. The van der Waals surface area contributed by atoms with E-state index in [1.807, 2.05) is 13.0 Å². The number of nitrogens with one attached hydrogen (secondary N) is 1. The molecule has 244 valence electrons. The van der Waals surface area contributed by atoms with Gasteiger partial charge in [-0.05, 0) is 87.6 Å². The van der Waals surface area contributed by atoms with E-state index in [1.54, 1.807) is 45.2 Å². The number of aromatic nitrogens is 2. The van der Waals surface area contributed by atoms with Gasteiger partial charge in [-0.1, -0.05) is 12.1 Å². The fourth-order valence-electron chi connectivity index (χ4n) is 7.80. The molecule has 0 amide bonds. The van der Waals surface area contributed by atoms with Crippen molar-refractivity contribution in [3.8, 4) is 22.6 Å². The van der Waals surface area contributed by atoms with Gasteiger partial charge in [0.15, 0.2) is 5.78 Å². The molecule has 1 saturated carbocycles. The zero-order valence-corrected chi connectivity index (χ0v) is 26.6. The molecular formula is C36H40F4N3O3+. The Morgan fingerprint density at radius 2 is 1.78 bits per heavy atom. The molecule has 1 aliphatic heterocycles. The van der Waals surface area contributed by atoms with Crippen LogP contribution in [0.2, 0.25) is 0 Å². The number of hydrogen-bond acceptors (Lipinski definition) is 4. The van der Waals surface area contributed by atoms with E-state index in [0.29, 0.717) is 47.6 Å². The van der Waals surface area contributed by atoms with Crippen LogP contribution in [0.1, 0.15) is 74.2 Å². The number of imidazole rings is 1. The van der Waals surface area contributed by atoms with Gasteiger partial charge in [0.25, 0.3) is 0 Å².